The van der Waals surface area contributed by atoms with E-state index in [2.05, 4.69) is 5.32 Å². The number of Topliss-reactive ketones (excluding diaryl/α,β-unsaturated/α-hetero) is 1. The second kappa shape index (κ2) is 4.94. The molecule has 3 nitrogen and oxygen atoms in total. The molecular formula is C13H16FNO2. The normalized spacial score (nSPS) is 23.9. The molecule has 92 valence electrons. The van der Waals surface area contributed by atoms with Crippen molar-refractivity contribution < 1.29 is 13.9 Å². The highest BCUT2D eigenvalue weighted by atomic mass is 19.1. The molecule has 4 heteroatoms. The smallest absolute Gasteiger partial charge is 0.172 e. The van der Waals surface area contributed by atoms with Gasteiger partial charge >= 0.3 is 0 Å². The van der Waals surface area contributed by atoms with E-state index in [1.54, 1.807) is 19.2 Å². The van der Waals surface area contributed by atoms with Crippen LogP contribution in [0.25, 0.3) is 0 Å². The van der Waals surface area contributed by atoms with Crippen molar-refractivity contribution in [1.29, 1.82) is 0 Å². The molecule has 1 N–H and O–H groups in total. The topological polar surface area (TPSA) is 38.3 Å². The number of nitrogens with one attached hydrogen (secondary N) is 1. The van der Waals surface area contributed by atoms with E-state index in [9.17, 15) is 9.18 Å². The lowest BCUT2D eigenvalue weighted by molar-refractivity contribution is 0.0888. The van der Waals surface area contributed by atoms with E-state index in [-0.39, 0.29) is 23.3 Å². The molecule has 1 aliphatic rings. The van der Waals surface area contributed by atoms with Crippen LogP contribution in [0.1, 0.15) is 15.9 Å². The van der Waals surface area contributed by atoms with Gasteiger partial charge in [-0.05, 0) is 26.1 Å². The van der Waals surface area contributed by atoms with Crippen LogP contribution in [0.3, 0.4) is 0 Å². The molecule has 2 rings (SSSR count). The number of hydrogen-bond acceptors (Lipinski definition) is 3. The maximum Gasteiger partial charge on any atom is 0.172 e. The molecule has 2 atom stereocenters. The summed E-state index contributed by atoms with van der Waals surface area (Å²) in [5.74, 6) is -0.929. The zero-order valence-electron chi connectivity index (χ0n) is 10.00. The molecule has 0 aromatic heterocycles. The highest BCUT2D eigenvalue weighted by molar-refractivity contribution is 5.99. The van der Waals surface area contributed by atoms with E-state index in [0.29, 0.717) is 13.2 Å². The maximum absolute atomic E-state index is 13.6. The van der Waals surface area contributed by atoms with Crippen molar-refractivity contribution in [3.8, 4) is 0 Å². The van der Waals surface area contributed by atoms with Gasteiger partial charge in [-0.3, -0.25) is 4.79 Å². The Bertz CT molecular complexity index is 433. The number of ketones is 1. The average molecular weight is 237 g/mol. The maximum atomic E-state index is 13.6. The fourth-order valence-electron chi connectivity index (χ4n) is 2.12. The Morgan fingerprint density at radius 2 is 2.24 bits per heavy atom. The molecule has 0 spiro atoms. The zero-order chi connectivity index (χ0) is 12.4. The van der Waals surface area contributed by atoms with Crippen LogP contribution >= 0.6 is 0 Å². The lowest BCUT2D eigenvalue weighted by Gasteiger charge is -2.16. The molecule has 2 unspecified atom stereocenters. The Hall–Kier alpha value is -1.26. The molecule has 0 aliphatic carbocycles. The second-order valence-electron chi connectivity index (χ2n) is 4.39. The van der Waals surface area contributed by atoms with Crippen molar-refractivity contribution >= 4 is 5.78 Å². The fourth-order valence-corrected chi connectivity index (χ4v) is 2.12. The van der Waals surface area contributed by atoms with Crippen molar-refractivity contribution in [3.63, 3.8) is 0 Å². The molecule has 1 fully saturated rings. The van der Waals surface area contributed by atoms with Crippen molar-refractivity contribution in [2.75, 3.05) is 20.3 Å². The predicted molar refractivity (Wildman–Crippen MR) is 62.6 cm³/mol. The fraction of sp³-hybridized carbons (Fsp3) is 0.462. The molecule has 1 saturated heterocycles. The summed E-state index contributed by atoms with van der Waals surface area (Å²) in [6.45, 7) is 2.70. The molecule has 0 bridgehead atoms. The van der Waals surface area contributed by atoms with Crippen LogP contribution in [0.5, 0.6) is 0 Å². The number of halogens is 1. The monoisotopic (exact) mass is 237 g/mol. The van der Waals surface area contributed by atoms with Gasteiger partial charge in [0.1, 0.15) is 5.82 Å². The standard InChI is InChI=1S/C13H16FNO2/c1-8-3-4-11(14)9(5-8)13(16)10-6-17-7-12(10)15-2/h3-5,10,12,15H,6-7H2,1-2H3. The Labute approximate surface area is 100.0 Å². The van der Waals surface area contributed by atoms with Crippen LogP contribution in [0, 0.1) is 18.7 Å². The van der Waals surface area contributed by atoms with Crippen LogP contribution in [-0.4, -0.2) is 32.1 Å². The van der Waals surface area contributed by atoms with E-state index in [1.165, 1.54) is 6.07 Å². The van der Waals surface area contributed by atoms with Crippen LogP contribution in [0.15, 0.2) is 18.2 Å². The highest BCUT2D eigenvalue weighted by Crippen LogP contribution is 2.21. The van der Waals surface area contributed by atoms with Gasteiger partial charge in [-0.1, -0.05) is 11.6 Å². The summed E-state index contributed by atoms with van der Waals surface area (Å²) < 4.78 is 18.9. The number of hydrogen-bond donors (Lipinski definition) is 1. The van der Waals surface area contributed by atoms with E-state index >= 15 is 0 Å². The van der Waals surface area contributed by atoms with Crippen molar-refractivity contribution in [2.24, 2.45) is 5.92 Å². The van der Waals surface area contributed by atoms with Crippen LogP contribution in [0.2, 0.25) is 0 Å². The van der Waals surface area contributed by atoms with Gasteiger partial charge in [-0.15, -0.1) is 0 Å². The first kappa shape index (κ1) is 12.2. The number of rotatable bonds is 3. The van der Waals surface area contributed by atoms with Crippen LogP contribution in [-0.2, 0) is 4.74 Å². The molecule has 0 amide bonds. The summed E-state index contributed by atoms with van der Waals surface area (Å²) in [7, 11) is 1.78. The van der Waals surface area contributed by atoms with E-state index in [0.717, 1.165) is 5.56 Å². The second-order valence-corrected chi connectivity index (χ2v) is 4.39. The summed E-state index contributed by atoms with van der Waals surface area (Å²) in [5, 5.41) is 3.03. The summed E-state index contributed by atoms with van der Waals surface area (Å²) in [5.41, 5.74) is 1.05. The van der Waals surface area contributed by atoms with Gasteiger partial charge in [-0.2, -0.15) is 0 Å². The Balaban J connectivity index is 2.27. The molecule has 1 aliphatic heterocycles. The molecule has 1 aromatic carbocycles. The Kier molecular flexibility index (Phi) is 3.54. The number of carbonyl (C=O) groups excluding carboxylic acids is 1. The van der Waals surface area contributed by atoms with Gasteiger partial charge in [0.2, 0.25) is 0 Å². The van der Waals surface area contributed by atoms with Crippen LogP contribution in [0.4, 0.5) is 4.39 Å². The zero-order valence-corrected chi connectivity index (χ0v) is 10.00. The summed E-state index contributed by atoms with van der Waals surface area (Å²) in [6.07, 6.45) is 0. The van der Waals surface area contributed by atoms with E-state index < -0.39 is 5.82 Å². The minimum Gasteiger partial charge on any atom is -0.379 e. The molecule has 0 saturated carbocycles. The van der Waals surface area contributed by atoms with Crippen molar-refractivity contribution in [1.82, 2.24) is 5.32 Å². The minimum atomic E-state index is -0.456. The minimum absolute atomic E-state index is 0.0255. The first-order valence-corrected chi connectivity index (χ1v) is 5.69. The van der Waals surface area contributed by atoms with Gasteiger partial charge in [0.15, 0.2) is 5.78 Å². The third kappa shape index (κ3) is 2.37. The largest absolute Gasteiger partial charge is 0.379 e. The molecule has 0 radical (unpaired) electrons. The first-order chi connectivity index (χ1) is 8.13. The number of aryl methyl sites for hydroxylation is 1. The quantitative estimate of drug-likeness (QED) is 0.811. The third-order valence-corrected chi connectivity index (χ3v) is 3.18. The van der Waals surface area contributed by atoms with Gasteiger partial charge in [0.05, 0.1) is 24.7 Å². The van der Waals surface area contributed by atoms with Gasteiger partial charge < -0.3 is 10.1 Å². The van der Waals surface area contributed by atoms with E-state index in [4.69, 9.17) is 4.74 Å². The molecule has 17 heavy (non-hydrogen) atoms. The first-order valence-electron chi connectivity index (χ1n) is 5.69. The number of benzene rings is 1. The highest BCUT2D eigenvalue weighted by Gasteiger charge is 2.34. The number of ether oxygens (including phenoxy) is 1. The SMILES string of the molecule is CNC1COCC1C(=O)c1cc(C)ccc1F. The Morgan fingerprint density at radius 3 is 2.94 bits per heavy atom. The third-order valence-electron chi connectivity index (χ3n) is 3.18. The van der Waals surface area contributed by atoms with Crippen molar-refractivity contribution in [2.45, 2.75) is 13.0 Å². The summed E-state index contributed by atoms with van der Waals surface area (Å²) in [6, 6.07) is 4.57. The average Bonchev–Trinajstić information content (AvgIpc) is 2.79. The molecule has 1 heterocycles. The van der Waals surface area contributed by atoms with Crippen molar-refractivity contribution in [3.05, 3.63) is 35.1 Å². The lowest BCUT2D eigenvalue weighted by Crippen LogP contribution is -2.37. The predicted octanol–water partition coefficient (Wildman–Crippen LogP) is 1.55. The van der Waals surface area contributed by atoms with Gasteiger partial charge in [0, 0.05) is 6.04 Å². The van der Waals surface area contributed by atoms with Crippen LogP contribution < -0.4 is 5.32 Å². The number of likely N-dealkylation sites (N-methyl/N-ethyl adjacent to an activating group) is 1. The van der Waals surface area contributed by atoms with E-state index in [1.807, 2.05) is 6.92 Å². The van der Waals surface area contributed by atoms with Gasteiger partial charge in [0.25, 0.3) is 0 Å². The molecular weight excluding hydrogens is 221 g/mol. The van der Waals surface area contributed by atoms with Gasteiger partial charge in [-0.25, -0.2) is 4.39 Å². The molecule has 1 aromatic rings. The summed E-state index contributed by atoms with van der Waals surface area (Å²) >= 11 is 0. The summed E-state index contributed by atoms with van der Waals surface area (Å²) in [4.78, 5) is 12.2. The number of carbonyl (C=O) groups is 1. The Morgan fingerprint density at radius 1 is 1.47 bits per heavy atom. The lowest BCUT2D eigenvalue weighted by atomic mass is 9.92.